The number of hydrogen-bond donors (Lipinski definition) is 0. The van der Waals surface area contributed by atoms with Gasteiger partial charge in [-0.25, -0.2) is 0 Å². The average Bonchev–Trinajstić information content (AvgIpc) is 3.25. The minimum atomic E-state index is -0.0456. The summed E-state index contributed by atoms with van der Waals surface area (Å²) in [5, 5.41) is 0. The van der Waals surface area contributed by atoms with Gasteiger partial charge in [0.2, 0.25) is 5.75 Å². The number of hydrogen-bond acceptors (Lipinski definition) is 5. The van der Waals surface area contributed by atoms with Crippen molar-refractivity contribution in [3.8, 4) is 17.2 Å². The fourth-order valence-electron chi connectivity index (χ4n) is 4.47. The Morgan fingerprint density at radius 1 is 1.09 bits per heavy atom. The number of nitrogens with zero attached hydrogens (tertiary/aromatic N) is 2. The molecule has 0 bridgehead atoms. The standard InChI is InChI=1S/C27H36N2O4/c1-20(16-21-10-7-6-8-11-21)19-29(15-13-23-12-9-14-28(23)2)27(30)22-17-24(31-3)26(33-5)25(18-22)32-4/h6-8,10-11,16-18,23H,9,12-15,19H2,1-5H3/b20-16+. The summed E-state index contributed by atoms with van der Waals surface area (Å²) < 4.78 is 16.4. The number of carbonyl (C=O) groups excluding carboxylic acids is 1. The monoisotopic (exact) mass is 452 g/mol. The Bertz CT molecular complexity index is 933. The number of likely N-dealkylation sites (tertiary alicyclic amines) is 1. The lowest BCUT2D eigenvalue weighted by molar-refractivity contribution is 0.0757. The van der Waals surface area contributed by atoms with Crippen molar-refractivity contribution in [2.24, 2.45) is 0 Å². The molecule has 1 saturated heterocycles. The van der Waals surface area contributed by atoms with Gasteiger partial charge in [0.1, 0.15) is 0 Å². The quantitative estimate of drug-likeness (QED) is 0.521. The summed E-state index contributed by atoms with van der Waals surface area (Å²) in [6.07, 6.45) is 5.49. The van der Waals surface area contributed by atoms with Gasteiger partial charge in [-0.15, -0.1) is 0 Å². The predicted octanol–water partition coefficient (Wildman–Crippen LogP) is 4.74. The van der Waals surface area contributed by atoms with E-state index in [4.69, 9.17) is 14.2 Å². The molecule has 0 N–H and O–H groups in total. The number of rotatable bonds is 10. The molecule has 2 aromatic rings. The molecule has 6 nitrogen and oxygen atoms in total. The van der Waals surface area contributed by atoms with E-state index in [1.54, 1.807) is 33.5 Å². The molecule has 6 heteroatoms. The lowest BCUT2D eigenvalue weighted by atomic mass is 10.1. The summed E-state index contributed by atoms with van der Waals surface area (Å²) in [4.78, 5) is 18.0. The van der Waals surface area contributed by atoms with Crippen LogP contribution >= 0.6 is 0 Å². The molecule has 0 radical (unpaired) electrons. The molecule has 0 saturated carbocycles. The minimum Gasteiger partial charge on any atom is -0.493 e. The van der Waals surface area contributed by atoms with Crippen LogP contribution in [0.5, 0.6) is 17.2 Å². The van der Waals surface area contributed by atoms with Gasteiger partial charge in [-0.05, 0) is 57.5 Å². The van der Waals surface area contributed by atoms with Crippen LogP contribution in [0.2, 0.25) is 0 Å². The van der Waals surface area contributed by atoms with Crippen LogP contribution in [-0.4, -0.2) is 69.8 Å². The van der Waals surface area contributed by atoms with Crippen molar-refractivity contribution in [2.75, 3.05) is 48.0 Å². The predicted molar refractivity (Wildman–Crippen MR) is 132 cm³/mol. The molecule has 0 aliphatic carbocycles. The van der Waals surface area contributed by atoms with E-state index in [2.05, 4.69) is 37.1 Å². The third kappa shape index (κ3) is 6.29. The Morgan fingerprint density at radius 3 is 2.30 bits per heavy atom. The largest absolute Gasteiger partial charge is 0.493 e. The lowest BCUT2D eigenvalue weighted by Gasteiger charge is -2.27. The number of amides is 1. The molecule has 1 aliphatic heterocycles. The molecule has 3 rings (SSSR count). The Morgan fingerprint density at radius 2 is 1.76 bits per heavy atom. The summed E-state index contributed by atoms with van der Waals surface area (Å²) in [6, 6.07) is 14.2. The van der Waals surface area contributed by atoms with Crippen LogP contribution in [0.4, 0.5) is 0 Å². The second-order valence-corrected chi connectivity index (χ2v) is 8.61. The topological polar surface area (TPSA) is 51.2 Å². The second kappa shape index (κ2) is 11.8. The van der Waals surface area contributed by atoms with Gasteiger partial charge in [0.15, 0.2) is 11.5 Å². The van der Waals surface area contributed by atoms with Crippen molar-refractivity contribution >= 4 is 12.0 Å². The molecule has 33 heavy (non-hydrogen) atoms. The number of carbonyl (C=O) groups is 1. The zero-order valence-corrected chi connectivity index (χ0v) is 20.5. The maximum Gasteiger partial charge on any atom is 0.254 e. The number of ether oxygens (including phenoxy) is 3. The fraction of sp³-hybridized carbons (Fsp3) is 0.444. The average molecular weight is 453 g/mol. The molecule has 178 valence electrons. The van der Waals surface area contributed by atoms with Gasteiger partial charge < -0.3 is 24.0 Å². The van der Waals surface area contributed by atoms with Crippen LogP contribution < -0.4 is 14.2 Å². The molecule has 1 amide bonds. The van der Waals surface area contributed by atoms with Gasteiger partial charge in [-0.2, -0.15) is 0 Å². The van der Waals surface area contributed by atoms with Crippen molar-refractivity contribution in [1.29, 1.82) is 0 Å². The highest BCUT2D eigenvalue weighted by molar-refractivity contribution is 5.96. The van der Waals surface area contributed by atoms with E-state index in [9.17, 15) is 4.79 Å². The molecule has 0 spiro atoms. The van der Waals surface area contributed by atoms with Crippen molar-refractivity contribution in [3.05, 3.63) is 59.2 Å². The molecule has 1 fully saturated rings. The Balaban J connectivity index is 1.87. The van der Waals surface area contributed by atoms with Gasteiger partial charge in [0.25, 0.3) is 5.91 Å². The van der Waals surface area contributed by atoms with Crippen LogP contribution in [0.15, 0.2) is 48.0 Å². The van der Waals surface area contributed by atoms with Gasteiger partial charge in [0.05, 0.1) is 21.3 Å². The van der Waals surface area contributed by atoms with Crippen LogP contribution in [0.3, 0.4) is 0 Å². The maximum absolute atomic E-state index is 13.7. The maximum atomic E-state index is 13.7. The zero-order chi connectivity index (χ0) is 23.8. The first kappa shape index (κ1) is 24.6. The van der Waals surface area contributed by atoms with Crippen molar-refractivity contribution in [1.82, 2.24) is 9.80 Å². The molecular weight excluding hydrogens is 416 g/mol. The first-order valence-electron chi connectivity index (χ1n) is 11.5. The highest BCUT2D eigenvalue weighted by Gasteiger charge is 2.25. The van der Waals surface area contributed by atoms with E-state index in [0.29, 0.717) is 41.9 Å². The third-order valence-electron chi connectivity index (χ3n) is 6.26. The first-order chi connectivity index (χ1) is 16.0. The lowest BCUT2D eigenvalue weighted by Crippen LogP contribution is -2.37. The van der Waals surface area contributed by atoms with Crippen molar-refractivity contribution < 1.29 is 19.0 Å². The zero-order valence-electron chi connectivity index (χ0n) is 20.5. The summed E-state index contributed by atoms with van der Waals surface area (Å²) in [7, 11) is 6.85. The van der Waals surface area contributed by atoms with Gasteiger partial charge in [0, 0.05) is 24.7 Å². The van der Waals surface area contributed by atoms with Gasteiger partial charge in [-0.1, -0.05) is 42.0 Å². The van der Waals surface area contributed by atoms with E-state index >= 15 is 0 Å². The molecule has 1 heterocycles. The summed E-state index contributed by atoms with van der Waals surface area (Å²) in [5.41, 5.74) is 2.78. The fourth-order valence-corrected chi connectivity index (χ4v) is 4.47. The molecule has 1 aliphatic rings. The summed E-state index contributed by atoms with van der Waals surface area (Å²) >= 11 is 0. The van der Waals surface area contributed by atoms with Crippen molar-refractivity contribution in [3.63, 3.8) is 0 Å². The number of benzene rings is 2. The van der Waals surface area contributed by atoms with Crippen LogP contribution in [-0.2, 0) is 0 Å². The summed E-state index contributed by atoms with van der Waals surface area (Å²) in [6.45, 7) is 4.44. The van der Waals surface area contributed by atoms with Gasteiger partial charge >= 0.3 is 0 Å². The molecule has 2 aromatic carbocycles. The first-order valence-corrected chi connectivity index (χ1v) is 11.5. The number of methoxy groups -OCH3 is 3. The molecule has 1 atom stereocenters. The van der Waals surface area contributed by atoms with E-state index in [1.165, 1.54) is 12.8 Å². The van der Waals surface area contributed by atoms with Crippen molar-refractivity contribution in [2.45, 2.75) is 32.2 Å². The normalized spacial score (nSPS) is 16.5. The summed E-state index contributed by atoms with van der Waals surface area (Å²) in [5.74, 6) is 1.39. The molecule has 1 unspecified atom stereocenters. The highest BCUT2D eigenvalue weighted by atomic mass is 16.5. The SMILES string of the molecule is COc1cc(C(=O)N(CCC2CCCN2C)C/C(C)=C/c2ccccc2)cc(OC)c1OC. The minimum absolute atomic E-state index is 0.0456. The third-order valence-corrected chi connectivity index (χ3v) is 6.26. The Kier molecular flexibility index (Phi) is 8.78. The van der Waals surface area contributed by atoms with E-state index in [-0.39, 0.29) is 5.91 Å². The van der Waals surface area contributed by atoms with E-state index in [0.717, 1.165) is 24.1 Å². The Labute approximate surface area is 197 Å². The second-order valence-electron chi connectivity index (χ2n) is 8.61. The molecular formula is C27H36N2O4. The van der Waals surface area contributed by atoms with Crippen LogP contribution in [0, 0.1) is 0 Å². The Hall–Kier alpha value is -2.99. The molecule has 0 aromatic heterocycles. The van der Waals surface area contributed by atoms with Gasteiger partial charge in [-0.3, -0.25) is 4.79 Å². The van der Waals surface area contributed by atoms with Crippen LogP contribution in [0.1, 0.15) is 42.1 Å². The van der Waals surface area contributed by atoms with Crippen LogP contribution in [0.25, 0.3) is 6.08 Å². The highest BCUT2D eigenvalue weighted by Crippen LogP contribution is 2.38. The van der Waals surface area contributed by atoms with E-state index < -0.39 is 0 Å². The van der Waals surface area contributed by atoms with E-state index in [1.807, 2.05) is 23.1 Å². The smallest absolute Gasteiger partial charge is 0.254 e.